The molecule has 0 spiro atoms. The largest absolute Gasteiger partial charge is 0.495 e. The first-order valence-corrected chi connectivity index (χ1v) is 12.3. The van der Waals surface area contributed by atoms with E-state index in [2.05, 4.69) is 10.6 Å². The fourth-order valence-electron chi connectivity index (χ4n) is 4.03. The van der Waals surface area contributed by atoms with E-state index in [0.717, 1.165) is 22.3 Å². The smallest absolute Gasteiger partial charge is 0.323 e. The molecular formula is C30H35N3O5. The fourth-order valence-corrected chi connectivity index (χ4v) is 4.03. The first-order valence-electron chi connectivity index (χ1n) is 12.3. The summed E-state index contributed by atoms with van der Waals surface area (Å²) in [5.74, 6) is -0.480. The highest BCUT2D eigenvalue weighted by Gasteiger charge is 2.27. The van der Waals surface area contributed by atoms with E-state index in [0.29, 0.717) is 30.1 Å². The van der Waals surface area contributed by atoms with Gasteiger partial charge < -0.3 is 25.4 Å². The molecule has 3 rings (SSSR count). The third kappa shape index (κ3) is 7.59. The molecule has 0 fully saturated rings. The van der Waals surface area contributed by atoms with Crippen LogP contribution < -0.4 is 15.4 Å². The van der Waals surface area contributed by atoms with Crippen molar-refractivity contribution in [2.75, 3.05) is 24.8 Å². The van der Waals surface area contributed by atoms with Crippen LogP contribution in [0.3, 0.4) is 0 Å². The van der Waals surface area contributed by atoms with E-state index in [9.17, 15) is 19.5 Å². The van der Waals surface area contributed by atoms with Crippen molar-refractivity contribution in [3.8, 4) is 5.75 Å². The summed E-state index contributed by atoms with van der Waals surface area (Å²) in [4.78, 5) is 38.5. The summed E-state index contributed by atoms with van der Waals surface area (Å²) in [6.45, 7) is 5.71. The van der Waals surface area contributed by atoms with Crippen molar-refractivity contribution >= 4 is 29.3 Å². The zero-order valence-electron chi connectivity index (χ0n) is 22.5. The van der Waals surface area contributed by atoms with Gasteiger partial charge >= 0.3 is 12.0 Å². The summed E-state index contributed by atoms with van der Waals surface area (Å²) >= 11 is 0. The molecule has 0 heterocycles. The molecule has 0 saturated heterocycles. The maximum absolute atomic E-state index is 12.9. The molecule has 0 bridgehead atoms. The molecule has 0 saturated carbocycles. The molecule has 3 aromatic carbocycles. The monoisotopic (exact) mass is 517 g/mol. The normalized spacial score (nSPS) is 11.0. The number of aliphatic carboxylic acids is 1. The van der Waals surface area contributed by atoms with Crippen LogP contribution in [0.1, 0.15) is 36.1 Å². The van der Waals surface area contributed by atoms with E-state index in [1.807, 2.05) is 55.5 Å². The number of methoxy groups -OCH3 is 1. The van der Waals surface area contributed by atoms with Crippen molar-refractivity contribution < 1.29 is 24.2 Å². The lowest BCUT2D eigenvalue weighted by atomic mass is 9.85. The number of nitrogens with zero attached hydrogens (tertiary/aromatic N) is 1. The van der Waals surface area contributed by atoms with Crippen LogP contribution in [0, 0.1) is 12.3 Å². The van der Waals surface area contributed by atoms with Crippen molar-refractivity contribution in [3.63, 3.8) is 0 Å². The number of benzene rings is 3. The SMILES string of the molecule is COc1cc(CC(=O)N(C)Cc2cccc(CC(C)(C)C(=O)O)c2)ccc1NC(=O)Nc1ccccc1C. The van der Waals surface area contributed by atoms with Gasteiger partial charge in [-0.3, -0.25) is 9.59 Å². The summed E-state index contributed by atoms with van der Waals surface area (Å²) in [5, 5.41) is 15.0. The molecule has 3 amide bonds. The molecule has 3 N–H and O–H groups in total. The predicted molar refractivity (Wildman–Crippen MR) is 149 cm³/mol. The maximum Gasteiger partial charge on any atom is 0.323 e. The Labute approximate surface area is 223 Å². The lowest BCUT2D eigenvalue weighted by Gasteiger charge is -2.21. The molecule has 0 atom stereocenters. The number of rotatable bonds is 10. The molecule has 0 radical (unpaired) electrons. The Morgan fingerprint density at radius 3 is 2.26 bits per heavy atom. The molecule has 200 valence electrons. The van der Waals surface area contributed by atoms with Crippen LogP contribution in [0.4, 0.5) is 16.2 Å². The maximum atomic E-state index is 12.9. The van der Waals surface area contributed by atoms with Gasteiger partial charge in [-0.1, -0.05) is 48.5 Å². The van der Waals surface area contributed by atoms with Gasteiger partial charge in [0.15, 0.2) is 0 Å². The first kappa shape index (κ1) is 28.2. The second kappa shape index (κ2) is 12.3. The van der Waals surface area contributed by atoms with Gasteiger partial charge in [0.1, 0.15) is 5.75 Å². The highest BCUT2D eigenvalue weighted by atomic mass is 16.5. The number of urea groups is 1. The van der Waals surface area contributed by atoms with Crippen LogP contribution in [0.25, 0.3) is 0 Å². The van der Waals surface area contributed by atoms with Crippen molar-refractivity contribution in [1.29, 1.82) is 0 Å². The quantitative estimate of drug-likeness (QED) is 0.329. The molecule has 8 heteroatoms. The highest BCUT2D eigenvalue weighted by Crippen LogP contribution is 2.27. The van der Waals surface area contributed by atoms with E-state index in [-0.39, 0.29) is 12.3 Å². The van der Waals surface area contributed by atoms with Crippen molar-refractivity contribution in [2.45, 2.75) is 40.2 Å². The van der Waals surface area contributed by atoms with Crippen LogP contribution in [-0.4, -0.2) is 42.1 Å². The number of carboxylic acid groups (broad SMARTS) is 1. The number of likely N-dealkylation sites (N-methyl/N-ethyl adjacent to an activating group) is 1. The molecule has 0 aliphatic rings. The second-order valence-electron chi connectivity index (χ2n) is 10.0. The van der Waals surface area contributed by atoms with E-state index in [1.54, 1.807) is 44.0 Å². The zero-order chi connectivity index (χ0) is 27.9. The standard InChI is InChI=1S/C30H35N3O5/c1-20-9-6-7-12-24(20)31-29(37)32-25-14-13-21(16-26(25)38-5)17-27(34)33(4)19-23-11-8-10-22(15-23)18-30(2,3)28(35)36/h6-16H,17-19H2,1-5H3,(H,35,36)(H2,31,32,37). The summed E-state index contributed by atoms with van der Waals surface area (Å²) in [6.07, 6.45) is 0.561. The Morgan fingerprint density at radius 1 is 0.895 bits per heavy atom. The topological polar surface area (TPSA) is 108 Å². The number of carboxylic acids is 1. The third-order valence-electron chi connectivity index (χ3n) is 6.32. The molecule has 8 nitrogen and oxygen atoms in total. The number of anilines is 2. The van der Waals surface area contributed by atoms with Crippen LogP contribution in [0.2, 0.25) is 0 Å². The van der Waals surface area contributed by atoms with Crippen LogP contribution >= 0.6 is 0 Å². The van der Waals surface area contributed by atoms with E-state index in [1.165, 1.54) is 7.11 Å². The number of para-hydroxylation sites is 1. The Hall–Kier alpha value is -4.33. The lowest BCUT2D eigenvalue weighted by Crippen LogP contribution is -2.28. The summed E-state index contributed by atoms with van der Waals surface area (Å²) < 4.78 is 5.46. The number of carbonyl (C=O) groups excluding carboxylic acids is 2. The van der Waals surface area contributed by atoms with E-state index in [4.69, 9.17) is 4.74 Å². The molecule has 0 aliphatic carbocycles. The van der Waals surface area contributed by atoms with Crippen LogP contribution in [-0.2, 0) is 29.0 Å². The first-order chi connectivity index (χ1) is 18.0. The van der Waals surface area contributed by atoms with Crippen molar-refractivity contribution in [3.05, 3.63) is 89.0 Å². The Bertz CT molecular complexity index is 1320. The van der Waals surface area contributed by atoms with Gasteiger partial charge in [0, 0.05) is 19.3 Å². The van der Waals surface area contributed by atoms with Gasteiger partial charge in [0.25, 0.3) is 0 Å². The number of amides is 3. The van der Waals surface area contributed by atoms with Crippen molar-refractivity contribution in [2.24, 2.45) is 5.41 Å². The average Bonchev–Trinajstić information content (AvgIpc) is 2.86. The Morgan fingerprint density at radius 2 is 1.58 bits per heavy atom. The number of aryl methyl sites for hydroxylation is 1. The fraction of sp³-hybridized carbons (Fsp3) is 0.300. The minimum Gasteiger partial charge on any atom is -0.495 e. The van der Waals surface area contributed by atoms with Gasteiger partial charge in [-0.15, -0.1) is 0 Å². The lowest BCUT2D eigenvalue weighted by molar-refractivity contribution is -0.146. The predicted octanol–water partition coefficient (Wildman–Crippen LogP) is 5.50. The number of ether oxygens (including phenoxy) is 1. The van der Waals surface area contributed by atoms with Gasteiger partial charge in [-0.25, -0.2) is 4.79 Å². The number of nitrogens with one attached hydrogen (secondary N) is 2. The molecule has 0 aromatic heterocycles. The summed E-state index contributed by atoms with van der Waals surface area (Å²) in [6, 6.07) is 20.0. The Balaban J connectivity index is 1.62. The van der Waals surface area contributed by atoms with Gasteiger partial charge in [0.05, 0.1) is 24.6 Å². The Kier molecular flexibility index (Phi) is 9.12. The van der Waals surface area contributed by atoms with Crippen molar-refractivity contribution in [1.82, 2.24) is 4.90 Å². The minimum atomic E-state index is -0.873. The summed E-state index contributed by atoms with van der Waals surface area (Å²) in [7, 11) is 3.25. The molecule has 0 aliphatic heterocycles. The third-order valence-corrected chi connectivity index (χ3v) is 6.32. The molecule has 0 unspecified atom stereocenters. The number of carbonyl (C=O) groups is 3. The van der Waals surface area contributed by atoms with Crippen LogP contribution in [0.5, 0.6) is 5.75 Å². The number of hydrogen-bond acceptors (Lipinski definition) is 4. The molecular weight excluding hydrogens is 482 g/mol. The van der Waals surface area contributed by atoms with Gasteiger partial charge in [-0.2, -0.15) is 0 Å². The van der Waals surface area contributed by atoms with Gasteiger partial charge in [-0.05, 0) is 67.6 Å². The van der Waals surface area contributed by atoms with Gasteiger partial charge in [0.2, 0.25) is 5.91 Å². The van der Waals surface area contributed by atoms with Crippen LogP contribution in [0.15, 0.2) is 66.7 Å². The highest BCUT2D eigenvalue weighted by molar-refractivity contribution is 6.01. The zero-order valence-corrected chi connectivity index (χ0v) is 22.5. The average molecular weight is 518 g/mol. The van der Waals surface area contributed by atoms with E-state index >= 15 is 0 Å². The second-order valence-corrected chi connectivity index (χ2v) is 10.0. The number of hydrogen-bond donors (Lipinski definition) is 3. The minimum absolute atomic E-state index is 0.0821. The molecule has 3 aromatic rings. The molecule has 38 heavy (non-hydrogen) atoms. The van der Waals surface area contributed by atoms with E-state index < -0.39 is 17.4 Å². The summed E-state index contributed by atoms with van der Waals surface area (Å²) in [5.41, 5.74) is 3.87.